The van der Waals surface area contributed by atoms with Crippen molar-refractivity contribution in [2.45, 2.75) is 19.3 Å². The SMILES string of the molecule is COc1cc(F)cc(C(C)(C)CO)c1Br. The topological polar surface area (TPSA) is 29.5 Å². The van der Waals surface area contributed by atoms with Gasteiger partial charge in [0.05, 0.1) is 18.2 Å². The van der Waals surface area contributed by atoms with Crippen molar-refractivity contribution >= 4 is 15.9 Å². The Bertz CT molecular complexity index is 364. The van der Waals surface area contributed by atoms with Gasteiger partial charge in [-0.15, -0.1) is 0 Å². The second-order valence-corrected chi connectivity index (χ2v) is 4.80. The first-order chi connectivity index (χ1) is 6.92. The van der Waals surface area contributed by atoms with Gasteiger partial charge in [0.15, 0.2) is 0 Å². The third kappa shape index (κ3) is 2.49. The van der Waals surface area contributed by atoms with Gasteiger partial charge in [-0.25, -0.2) is 4.39 Å². The van der Waals surface area contributed by atoms with Crippen molar-refractivity contribution in [3.63, 3.8) is 0 Å². The molecule has 1 N–H and O–H groups in total. The van der Waals surface area contributed by atoms with E-state index in [1.807, 2.05) is 13.8 Å². The Balaban J connectivity index is 3.35. The lowest BCUT2D eigenvalue weighted by atomic mass is 9.85. The first-order valence-corrected chi connectivity index (χ1v) is 5.36. The van der Waals surface area contributed by atoms with Crippen LogP contribution in [0.3, 0.4) is 0 Å². The van der Waals surface area contributed by atoms with E-state index < -0.39 is 5.41 Å². The molecule has 0 fully saturated rings. The molecule has 0 saturated heterocycles. The fourth-order valence-electron chi connectivity index (χ4n) is 1.29. The number of hydrogen-bond donors (Lipinski definition) is 1. The normalized spacial score (nSPS) is 11.6. The van der Waals surface area contributed by atoms with Crippen molar-refractivity contribution in [3.05, 3.63) is 28.0 Å². The van der Waals surface area contributed by atoms with Crippen LogP contribution < -0.4 is 4.74 Å². The summed E-state index contributed by atoms with van der Waals surface area (Å²) < 4.78 is 19.0. The third-order valence-corrected chi connectivity index (χ3v) is 3.17. The Labute approximate surface area is 97.2 Å². The zero-order chi connectivity index (χ0) is 11.6. The molecule has 0 amide bonds. The molecular formula is C11H14BrFO2. The van der Waals surface area contributed by atoms with Crippen LogP contribution in [-0.4, -0.2) is 18.8 Å². The fourth-order valence-corrected chi connectivity index (χ4v) is 2.22. The third-order valence-electron chi connectivity index (χ3n) is 2.35. The molecule has 0 spiro atoms. The van der Waals surface area contributed by atoms with Crippen LogP contribution in [0.4, 0.5) is 4.39 Å². The van der Waals surface area contributed by atoms with Crippen LogP contribution in [0.15, 0.2) is 16.6 Å². The van der Waals surface area contributed by atoms with E-state index in [-0.39, 0.29) is 12.4 Å². The minimum atomic E-state index is -0.506. The first kappa shape index (κ1) is 12.5. The van der Waals surface area contributed by atoms with Crippen molar-refractivity contribution in [1.82, 2.24) is 0 Å². The molecule has 0 unspecified atom stereocenters. The molecule has 1 aromatic rings. The van der Waals surface area contributed by atoms with Crippen LogP contribution in [0.1, 0.15) is 19.4 Å². The van der Waals surface area contributed by atoms with Crippen molar-refractivity contribution in [2.75, 3.05) is 13.7 Å². The van der Waals surface area contributed by atoms with Gasteiger partial charge in [0.1, 0.15) is 11.6 Å². The van der Waals surface area contributed by atoms with E-state index in [2.05, 4.69) is 15.9 Å². The van der Waals surface area contributed by atoms with Crippen molar-refractivity contribution in [2.24, 2.45) is 0 Å². The average molecular weight is 277 g/mol. The Hall–Kier alpha value is -0.610. The molecule has 0 heterocycles. The van der Waals surface area contributed by atoms with Crippen LogP contribution >= 0.6 is 15.9 Å². The van der Waals surface area contributed by atoms with Crippen molar-refractivity contribution < 1.29 is 14.2 Å². The zero-order valence-corrected chi connectivity index (χ0v) is 10.6. The highest BCUT2D eigenvalue weighted by Gasteiger charge is 2.24. The summed E-state index contributed by atoms with van der Waals surface area (Å²) in [5.74, 6) is 0.0677. The molecule has 0 atom stereocenters. The van der Waals surface area contributed by atoms with Gasteiger partial charge in [0.2, 0.25) is 0 Å². The summed E-state index contributed by atoms with van der Waals surface area (Å²) in [5.41, 5.74) is 0.190. The quantitative estimate of drug-likeness (QED) is 0.920. The maximum absolute atomic E-state index is 13.3. The van der Waals surface area contributed by atoms with Crippen LogP contribution in [0.5, 0.6) is 5.75 Å². The van der Waals surface area contributed by atoms with Crippen LogP contribution in [0.2, 0.25) is 0 Å². The van der Waals surface area contributed by atoms with E-state index in [1.54, 1.807) is 0 Å². The molecule has 0 aromatic heterocycles. The standard InChI is InChI=1S/C11H14BrFO2/c1-11(2,6-14)8-4-7(13)5-9(15-3)10(8)12/h4-5,14H,6H2,1-3H3. The maximum atomic E-state index is 13.3. The van der Waals surface area contributed by atoms with E-state index in [1.165, 1.54) is 19.2 Å². The highest BCUT2D eigenvalue weighted by Crippen LogP contribution is 2.36. The number of aliphatic hydroxyl groups excluding tert-OH is 1. The number of aliphatic hydroxyl groups is 1. The van der Waals surface area contributed by atoms with E-state index in [9.17, 15) is 9.50 Å². The highest BCUT2D eigenvalue weighted by atomic mass is 79.9. The zero-order valence-electron chi connectivity index (χ0n) is 8.97. The Morgan fingerprint density at radius 2 is 2.07 bits per heavy atom. The van der Waals surface area contributed by atoms with E-state index >= 15 is 0 Å². The summed E-state index contributed by atoms with van der Waals surface area (Å²) in [6, 6.07) is 2.71. The molecule has 0 radical (unpaired) electrons. The van der Waals surface area contributed by atoms with Crippen molar-refractivity contribution in [1.29, 1.82) is 0 Å². The Morgan fingerprint density at radius 1 is 1.47 bits per heavy atom. The summed E-state index contributed by atoms with van der Waals surface area (Å²) in [6.07, 6.45) is 0. The Morgan fingerprint density at radius 3 is 2.53 bits per heavy atom. The smallest absolute Gasteiger partial charge is 0.136 e. The lowest BCUT2D eigenvalue weighted by Crippen LogP contribution is -2.23. The predicted octanol–water partition coefficient (Wildman–Crippen LogP) is 2.87. The molecule has 0 bridgehead atoms. The molecule has 0 aliphatic rings. The molecule has 15 heavy (non-hydrogen) atoms. The summed E-state index contributed by atoms with van der Waals surface area (Å²) in [7, 11) is 1.48. The molecular weight excluding hydrogens is 263 g/mol. The first-order valence-electron chi connectivity index (χ1n) is 4.56. The van der Waals surface area contributed by atoms with Gasteiger partial charge in [-0.2, -0.15) is 0 Å². The second-order valence-electron chi connectivity index (χ2n) is 4.01. The van der Waals surface area contributed by atoms with Crippen LogP contribution in [0, 0.1) is 5.82 Å². The largest absolute Gasteiger partial charge is 0.495 e. The summed E-state index contributed by atoms with van der Waals surface area (Å²) in [5, 5.41) is 9.24. The summed E-state index contributed by atoms with van der Waals surface area (Å²) >= 11 is 3.35. The van der Waals surface area contributed by atoms with Gasteiger partial charge in [-0.3, -0.25) is 0 Å². The minimum Gasteiger partial charge on any atom is -0.495 e. The number of methoxy groups -OCH3 is 1. The fraction of sp³-hybridized carbons (Fsp3) is 0.455. The molecule has 0 aliphatic heterocycles. The van der Waals surface area contributed by atoms with E-state index in [4.69, 9.17) is 4.74 Å². The lowest BCUT2D eigenvalue weighted by molar-refractivity contribution is 0.217. The van der Waals surface area contributed by atoms with Crippen LogP contribution in [-0.2, 0) is 5.41 Å². The number of ether oxygens (including phenoxy) is 1. The highest BCUT2D eigenvalue weighted by molar-refractivity contribution is 9.10. The van der Waals surface area contributed by atoms with Gasteiger partial charge >= 0.3 is 0 Å². The molecule has 0 aliphatic carbocycles. The molecule has 1 aromatic carbocycles. The number of benzene rings is 1. The summed E-state index contributed by atoms with van der Waals surface area (Å²) in [4.78, 5) is 0. The molecule has 0 saturated carbocycles. The lowest BCUT2D eigenvalue weighted by Gasteiger charge is -2.24. The summed E-state index contributed by atoms with van der Waals surface area (Å²) in [6.45, 7) is 3.62. The number of hydrogen-bond acceptors (Lipinski definition) is 2. The van der Waals surface area contributed by atoms with Gasteiger partial charge < -0.3 is 9.84 Å². The monoisotopic (exact) mass is 276 g/mol. The van der Waals surface area contributed by atoms with Gasteiger partial charge in [0.25, 0.3) is 0 Å². The average Bonchev–Trinajstić information content (AvgIpc) is 2.20. The Kier molecular flexibility index (Phi) is 3.73. The number of halogens is 2. The van der Waals surface area contributed by atoms with Gasteiger partial charge in [0, 0.05) is 11.5 Å². The van der Waals surface area contributed by atoms with Crippen LogP contribution in [0.25, 0.3) is 0 Å². The predicted molar refractivity (Wildman–Crippen MR) is 60.8 cm³/mol. The second kappa shape index (κ2) is 4.49. The van der Waals surface area contributed by atoms with Gasteiger partial charge in [-0.1, -0.05) is 13.8 Å². The minimum absolute atomic E-state index is 0.0573. The molecule has 2 nitrogen and oxygen atoms in total. The van der Waals surface area contributed by atoms with E-state index in [0.29, 0.717) is 15.8 Å². The van der Waals surface area contributed by atoms with Gasteiger partial charge in [-0.05, 0) is 27.6 Å². The maximum Gasteiger partial charge on any atom is 0.136 e. The number of rotatable bonds is 3. The molecule has 84 valence electrons. The molecule has 4 heteroatoms. The molecule has 1 rings (SSSR count). The van der Waals surface area contributed by atoms with E-state index in [0.717, 1.165) is 0 Å². The van der Waals surface area contributed by atoms with Crippen molar-refractivity contribution in [3.8, 4) is 5.75 Å².